The van der Waals surface area contributed by atoms with E-state index in [1.807, 2.05) is 0 Å². The number of carbonyl (C=O) groups excluding carboxylic acids is 2. The van der Waals surface area contributed by atoms with Crippen LogP contribution >= 0.6 is 0 Å². The van der Waals surface area contributed by atoms with E-state index in [1.165, 1.54) is 12.1 Å². The topological polar surface area (TPSA) is 97.7 Å². The molecule has 0 amide bonds. The van der Waals surface area contributed by atoms with Gasteiger partial charge in [0.15, 0.2) is 10.7 Å². The fourth-order valence-electron chi connectivity index (χ4n) is 1.89. The van der Waals surface area contributed by atoms with Crippen molar-refractivity contribution in [1.82, 2.24) is 0 Å². The van der Waals surface area contributed by atoms with Crippen LogP contribution < -0.4 is 4.74 Å². The van der Waals surface area contributed by atoms with Gasteiger partial charge in [0.25, 0.3) is 0 Å². The normalized spacial score (nSPS) is 19.8. The van der Waals surface area contributed by atoms with Gasteiger partial charge in [-0.15, -0.1) is 0 Å². The third-order valence-corrected chi connectivity index (χ3v) is 4.56. The average molecular weight is 278 g/mol. The maximum absolute atomic E-state index is 12.3. The van der Waals surface area contributed by atoms with Gasteiger partial charge in [0.05, 0.1) is 0 Å². The van der Waals surface area contributed by atoms with Crippen molar-refractivity contribution in [2.45, 2.75) is 4.90 Å². The molecule has 1 N–H and O–H groups in total. The molecule has 3 rings (SSSR count). The molecule has 96 valence electrons. The molecule has 0 atom stereocenters. The Morgan fingerprint density at radius 1 is 1.05 bits per heavy atom. The first kappa shape index (κ1) is 11.7. The minimum absolute atomic E-state index is 0.0898. The van der Waals surface area contributed by atoms with Crippen LogP contribution in [0.3, 0.4) is 0 Å². The molecule has 1 aliphatic heterocycles. The maximum Gasteiger partial charge on any atom is 0.222 e. The van der Waals surface area contributed by atoms with E-state index in [0.29, 0.717) is 0 Å². The lowest BCUT2D eigenvalue weighted by Gasteiger charge is -2.22. The predicted octanol–water partition coefficient (Wildman–Crippen LogP) is 0.478. The Kier molecular flexibility index (Phi) is 2.18. The van der Waals surface area contributed by atoms with Gasteiger partial charge in [-0.05, 0) is 24.3 Å². The van der Waals surface area contributed by atoms with Gasteiger partial charge in [-0.1, -0.05) is 0 Å². The summed E-state index contributed by atoms with van der Waals surface area (Å²) in [6, 6.07) is 3.43. The molecule has 0 saturated carbocycles. The van der Waals surface area contributed by atoms with Crippen LogP contribution in [0.15, 0.2) is 45.9 Å². The highest BCUT2D eigenvalue weighted by Crippen LogP contribution is 2.40. The van der Waals surface area contributed by atoms with Crippen LogP contribution in [-0.2, 0) is 19.4 Å². The predicted molar refractivity (Wildman–Crippen MR) is 62.1 cm³/mol. The Morgan fingerprint density at radius 3 is 2.47 bits per heavy atom. The van der Waals surface area contributed by atoms with Crippen molar-refractivity contribution < 1.29 is 27.9 Å². The van der Waals surface area contributed by atoms with Gasteiger partial charge in [0.2, 0.25) is 21.4 Å². The van der Waals surface area contributed by atoms with Gasteiger partial charge in [0.1, 0.15) is 16.4 Å². The second-order valence-electron chi connectivity index (χ2n) is 3.96. The number of phenolic OH excluding ortho intramolecular Hbond substituents is 1. The molecule has 6 nitrogen and oxygen atoms in total. The number of carbonyl (C=O) groups is 2. The number of ether oxygens (including phenoxy) is 1. The van der Waals surface area contributed by atoms with Gasteiger partial charge in [0, 0.05) is 6.07 Å². The Bertz CT molecular complexity index is 798. The van der Waals surface area contributed by atoms with Crippen molar-refractivity contribution in [2.24, 2.45) is 0 Å². The summed E-state index contributed by atoms with van der Waals surface area (Å²) in [4.78, 5) is 22.3. The van der Waals surface area contributed by atoms with Crippen LogP contribution in [0.2, 0.25) is 0 Å². The zero-order valence-electron chi connectivity index (χ0n) is 9.28. The van der Waals surface area contributed by atoms with Gasteiger partial charge < -0.3 is 9.84 Å². The van der Waals surface area contributed by atoms with Gasteiger partial charge in [-0.3, -0.25) is 9.59 Å². The van der Waals surface area contributed by atoms with Gasteiger partial charge in [-0.25, -0.2) is 8.42 Å². The largest absolute Gasteiger partial charge is 0.508 e. The third kappa shape index (κ3) is 1.52. The highest BCUT2D eigenvalue weighted by molar-refractivity contribution is 7.96. The minimum atomic E-state index is -4.17. The van der Waals surface area contributed by atoms with Crippen LogP contribution in [0.1, 0.15) is 0 Å². The zero-order chi connectivity index (χ0) is 13.8. The molecule has 1 aromatic rings. The standard InChI is InChI=1S/C12H6O6S/c13-6-1-4-9-10(5-6)19(16,17)12-8(15)3-2-7(14)11(12)18-9/h1-5,13H. The Balaban J connectivity index is 2.34. The molecule has 2 aliphatic rings. The molecule has 7 heteroatoms. The molecule has 0 spiro atoms. The van der Waals surface area contributed by atoms with Crippen LogP contribution in [0, 0.1) is 0 Å². The average Bonchev–Trinajstić information content (AvgIpc) is 2.34. The van der Waals surface area contributed by atoms with E-state index in [1.54, 1.807) is 0 Å². The Hall–Kier alpha value is -2.41. The summed E-state index contributed by atoms with van der Waals surface area (Å²) in [5.74, 6) is -2.36. The van der Waals surface area contributed by atoms with E-state index in [0.717, 1.165) is 18.2 Å². The molecule has 0 unspecified atom stereocenters. The van der Waals surface area contributed by atoms with Crippen LogP contribution in [-0.4, -0.2) is 25.1 Å². The zero-order valence-corrected chi connectivity index (χ0v) is 10.1. The van der Waals surface area contributed by atoms with Crippen molar-refractivity contribution in [1.29, 1.82) is 0 Å². The number of ketones is 2. The summed E-state index contributed by atoms with van der Waals surface area (Å²) in [6.07, 6.45) is 1.85. The SMILES string of the molecule is O=C1C=CC(=O)C2=C1Oc1ccc(O)cc1S2(=O)=O. The number of benzene rings is 1. The number of hydrogen-bond donors (Lipinski definition) is 1. The number of sulfone groups is 1. The van der Waals surface area contributed by atoms with E-state index in [4.69, 9.17) is 4.74 Å². The summed E-state index contributed by atoms with van der Waals surface area (Å²) in [7, 11) is -4.17. The molecular weight excluding hydrogens is 272 g/mol. The van der Waals surface area contributed by atoms with Gasteiger partial charge >= 0.3 is 0 Å². The molecule has 1 aromatic carbocycles. The molecule has 0 fully saturated rings. The van der Waals surface area contributed by atoms with Gasteiger partial charge in [-0.2, -0.15) is 0 Å². The lowest BCUT2D eigenvalue weighted by Crippen LogP contribution is -2.28. The second kappa shape index (κ2) is 3.55. The lowest BCUT2D eigenvalue weighted by molar-refractivity contribution is -0.116. The number of allylic oxidation sites excluding steroid dienone is 3. The first-order valence-corrected chi connectivity index (χ1v) is 6.66. The Morgan fingerprint density at radius 2 is 1.74 bits per heavy atom. The number of fused-ring (bicyclic) bond motifs is 1. The lowest BCUT2D eigenvalue weighted by atomic mass is 10.1. The molecule has 19 heavy (non-hydrogen) atoms. The molecule has 1 heterocycles. The molecular formula is C12H6O6S. The first-order valence-electron chi connectivity index (χ1n) is 5.18. The molecule has 0 saturated heterocycles. The fourth-order valence-corrected chi connectivity index (χ4v) is 3.48. The molecule has 1 aliphatic carbocycles. The highest BCUT2D eigenvalue weighted by Gasteiger charge is 2.41. The molecule has 0 aromatic heterocycles. The van der Waals surface area contributed by atoms with E-state index in [2.05, 4.69) is 0 Å². The number of aromatic hydroxyl groups is 1. The quantitative estimate of drug-likeness (QED) is 0.693. The van der Waals surface area contributed by atoms with Crippen LogP contribution in [0.25, 0.3) is 0 Å². The Labute approximate surface area is 107 Å². The second-order valence-corrected chi connectivity index (χ2v) is 5.81. The van der Waals surface area contributed by atoms with E-state index < -0.39 is 32.1 Å². The number of hydrogen-bond acceptors (Lipinski definition) is 6. The highest BCUT2D eigenvalue weighted by atomic mass is 32.2. The smallest absolute Gasteiger partial charge is 0.222 e. The summed E-state index contributed by atoms with van der Waals surface area (Å²) in [5.41, 5.74) is 0. The monoisotopic (exact) mass is 278 g/mol. The molecule has 0 bridgehead atoms. The summed E-state index contributed by atoms with van der Waals surface area (Å²) in [6.45, 7) is 0. The maximum atomic E-state index is 12.3. The van der Waals surface area contributed by atoms with E-state index in [9.17, 15) is 23.1 Å². The van der Waals surface area contributed by atoms with Crippen LogP contribution in [0.4, 0.5) is 0 Å². The summed E-state index contributed by atoms with van der Waals surface area (Å²) >= 11 is 0. The third-order valence-electron chi connectivity index (χ3n) is 2.74. The van der Waals surface area contributed by atoms with Crippen molar-refractivity contribution >= 4 is 21.4 Å². The van der Waals surface area contributed by atoms with Crippen molar-refractivity contribution in [3.8, 4) is 11.5 Å². The van der Waals surface area contributed by atoms with Crippen LogP contribution in [0.5, 0.6) is 11.5 Å². The minimum Gasteiger partial charge on any atom is -0.508 e. The first-order chi connectivity index (χ1) is 8.91. The summed E-state index contributed by atoms with van der Waals surface area (Å²) in [5, 5.41) is 9.33. The van der Waals surface area contributed by atoms with Crippen molar-refractivity contribution in [2.75, 3.05) is 0 Å². The van der Waals surface area contributed by atoms with E-state index in [-0.39, 0.29) is 16.4 Å². The number of phenols is 1. The van der Waals surface area contributed by atoms with E-state index >= 15 is 0 Å². The fraction of sp³-hybridized carbons (Fsp3) is 0. The summed E-state index contributed by atoms with van der Waals surface area (Å²) < 4.78 is 29.8. The van der Waals surface area contributed by atoms with Crippen molar-refractivity contribution in [3.05, 3.63) is 41.0 Å². The number of rotatable bonds is 0. The van der Waals surface area contributed by atoms with Crippen molar-refractivity contribution in [3.63, 3.8) is 0 Å². The molecule has 0 radical (unpaired) electrons.